The summed E-state index contributed by atoms with van der Waals surface area (Å²) in [5.41, 5.74) is 3.15. The summed E-state index contributed by atoms with van der Waals surface area (Å²) in [5, 5.41) is 11.4. The number of hydrogen-bond donors (Lipinski definition) is 2. The number of nitrogens with zero attached hydrogens (tertiary/aromatic N) is 2. The highest BCUT2D eigenvalue weighted by atomic mass is 35.5. The Morgan fingerprint density at radius 1 is 1.14 bits per heavy atom. The molecule has 1 aromatic heterocycles. The minimum Gasteiger partial charge on any atom is -0.486 e. The van der Waals surface area contributed by atoms with Crippen LogP contribution in [0.4, 0.5) is 0 Å². The van der Waals surface area contributed by atoms with Crippen LogP contribution in [-0.2, 0) is 25.8 Å². The molecule has 0 radical (unpaired) electrons. The number of aliphatic imine (C=N–C) groups is 1. The first-order valence-electron chi connectivity index (χ1n) is 10.2. The Bertz CT molecular complexity index is 829. The quantitative estimate of drug-likeness (QED) is 0.502. The van der Waals surface area contributed by atoms with E-state index in [1.165, 1.54) is 0 Å². The molecule has 0 amide bonds. The lowest BCUT2D eigenvalue weighted by atomic mass is 10.1. The van der Waals surface area contributed by atoms with E-state index < -0.39 is 0 Å². The molecule has 2 N–H and O–H groups in total. The molecule has 0 spiro atoms. The van der Waals surface area contributed by atoms with Crippen LogP contribution in [0.2, 0.25) is 5.02 Å². The standard InChI is InChI=1S/C21H29ClN4O3/c1-4-17-15(18(5-2)29-26-17)13-25-21(23-6-3)24-8-7-14-11-16(22)20-19(12-14)27-9-10-28-20/h11-12H,4-10,13H2,1-3H3,(H2,23,24,25). The summed E-state index contributed by atoms with van der Waals surface area (Å²) in [6.45, 7) is 9.31. The topological polar surface area (TPSA) is 80.9 Å². The molecule has 29 heavy (non-hydrogen) atoms. The second-order valence-electron chi connectivity index (χ2n) is 6.71. The normalized spacial score (nSPS) is 13.4. The van der Waals surface area contributed by atoms with Gasteiger partial charge in [-0.05, 0) is 37.5 Å². The van der Waals surface area contributed by atoms with Gasteiger partial charge in [-0.3, -0.25) is 0 Å². The van der Waals surface area contributed by atoms with Crippen molar-refractivity contribution in [1.82, 2.24) is 15.8 Å². The molecule has 1 aromatic carbocycles. The van der Waals surface area contributed by atoms with Crippen LogP contribution in [0.5, 0.6) is 11.5 Å². The maximum Gasteiger partial charge on any atom is 0.191 e. The zero-order valence-electron chi connectivity index (χ0n) is 17.3. The first-order chi connectivity index (χ1) is 14.2. The Morgan fingerprint density at radius 2 is 1.97 bits per heavy atom. The molecule has 0 saturated carbocycles. The first-order valence-corrected chi connectivity index (χ1v) is 10.6. The van der Waals surface area contributed by atoms with Gasteiger partial charge in [0, 0.05) is 25.1 Å². The van der Waals surface area contributed by atoms with Gasteiger partial charge in [0.25, 0.3) is 0 Å². The van der Waals surface area contributed by atoms with Gasteiger partial charge in [-0.2, -0.15) is 0 Å². The third kappa shape index (κ3) is 5.35. The van der Waals surface area contributed by atoms with Crippen LogP contribution in [0.1, 0.15) is 43.4 Å². The van der Waals surface area contributed by atoms with Gasteiger partial charge in [-0.25, -0.2) is 4.99 Å². The lowest BCUT2D eigenvalue weighted by Crippen LogP contribution is -2.38. The molecule has 3 rings (SSSR count). The van der Waals surface area contributed by atoms with Gasteiger partial charge in [0.05, 0.1) is 17.3 Å². The molecule has 1 aliphatic heterocycles. The molecule has 8 heteroatoms. The average molecular weight is 421 g/mol. The minimum atomic E-state index is 0.530. The fourth-order valence-electron chi connectivity index (χ4n) is 3.25. The Kier molecular flexibility index (Phi) is 7.63. The van der Waals surface area contributed by atoms with Crippen molar-refractivity contribution in [1.29, 1.82) is 0 Å². The Hall–Kier alpha value is -2.41. The van der Waals surface area contributed by atoms with Gasteiger partial charge in [0.2, 0.25) is 0 Å². The van der Waals surface area contributed by atoms with E-state index in [1.807, 2.05) is 19.1 Å². The monoisotopic (exact) mass is 420 g/mol. The van der Waals surface area contributed by atoms with E-state index in [0.29, 0.717) is 42.8 Å². The molecule has 0 fully saturated rings. The number of aryl methyl sites for hydroxylation is 2. The number of nitrogens with one attached hydrogen (secondary N) is 2. The van der Waals surface area contributed by atoms with Gasteiger partial charge in [-0.15, -0.1) is 0 Å². The minimum absolute atomic E-state index is 0.530. The van der Waals surface area contributed by atoms with E-state index in [4.69, 9.17) is 30.6 Å². The average Bonchev–Trinajstić information content (AvgIpc) is 3.14. The molecular formula is C21H29ClN4O3. The van der Waals surface area contributed by atoms with Crippen molar-refractivity contribution in [3.05, 3.63) is 39.7 Å². The number of fused-ring (bicyclic) bond motifs is 1. The fourth-order valence-corrected chi connectivity index (χ4v) is 3.54. The van der Waals surface area contributed by atoms with Gasteiger partial charge < -0.3 is 24.6 Å². The van der Waals surface area contributed by atoms with Crippen molar-refractivity contribution in [2.75, 3.05) is 26.3 Å². The van der Waals surface area contributed by atoms with Crippen molar-refractivity contribution < 1.29 is 14.0 Å². The highest BCUT2D eigenvalue weighted by Gasteiger charge is 2.17. The van der Waals surface area contributed by atoms with E-state index in [0.717, 1.165) is 54.3 Å². The van der Waals surface area contributed by atoms with Crippen LogP contribution >= 0.6 is 11.6 Å². The van der Waals surface area contributed by atoms with Gasteiger partial charge in [0.15, 0.2) is 17.5 Å². The Labute approximate surface area is 176 Å². The summed E-state index contributed by atoms with van der Waals surface area (Å²) in [5.74, 6) is 3.02. The summed E-state index contributed by atoms with van der Waals surface area (Å²) in [4.78, 5) is 4.72. The number of halogens is 1. The lowest BCUT2D eigenvalue weighted by Gasteiger charge is -2.20. The number of hydrogen-bond acceptors (Lipinski definition) is 5. The number of benzene rings is 1. The lowest BCUT2D eigenvalue weighted by molar-refractivity contribution is 0.171. The van der Waals surface area contributed by atoms with E-state index in [1.54, 1.807) is 0 Å². The zero-order chi connectivity index (χ0) is 20.6. The third-order valence-corrected chi connectivity index (χ3v) is 4.99. The molecule has 2 heterocycles. The number of ether oxygens (including phenoxy) is 2. The molecule has 0 unspecified atom stereocenters. The molecule has 0 saturated heterocycles. The summed E-state index contributed by atoms with van der Waals surface area (Å²) in [6.07, 6.45) is 2.43. The smallest absolute Gasteiger partial charge is 0.191 e. The van der Waals surface area contributed by atoms with E-state index in [9.17, 15) is 0 Å². The first kappa shape index (κ1) is 21.3. The molecule has 158 valence electrons. The van der Waals surface area contributed by atoms with Gasteiger partial charge in [-0.1, -0.05) is 30.6 Å². The van der Waals surface area contributed by atoms with E-state index in [2.05, 4.69) is 29.6 Å². The van der Waals surface area contributed by atoms with Crippen LogP contribution in [0.15, 0.2) is 21.6 Å². The van der Waals surface area contributed by atoms with Crippen LogP contribution in [0, 0.1) is 0 Å². The second-order valence-corrected chi connectivity index (χ2v) is 7.12. The summed E-state index contributed by atoms with van der Waals surface area (Å²) in [6, 6.07) is 3.92. The third-order valence-electron chi connectivity index (χ3n) is 4.71. The predicted octanol–water partition coefficient (Wildman–Crippen LogP) is 3.52. The van der Waals surface area contributed by atoms with Crippen molar-refractivity contribution in [2.45, 2.75) is 46.6 Å². The molecule has 1 aliphatic rings. The van der Waals surface area contributed by atoms with Crippen LogP contribution in [0.25, 0.3) is 0 Å². The Balaban J connectivity index is 1.62. The zero-order valence-corrected chi connectivity index (χ0v) is 18.1. The Morgan fingerprint density at radius 3 is 2.72 bits per heavy atom. The molecular weight excluding hydrogens is 392 g/mol. The predicted molar refractivity (Wildman–Crippen MR) is 114 cm³/mol. The van der Waals surface area contributed by atoms with E-state index in [-0.39, 0.29) is 0 Å². The van der Waals surface area contributed by atoms with Gasteiger partial charge in [0.1, 0.15) is 19.0 Å². The maximum absolute atomic E-state index is 6.33. The largest absolute Gasteiger partial charge is 0.486 e. The van der Waals surface area contributed by atoms with Crippen LogP contribution in [0.3, 0.4) is 0 Å². The molecule has 2 aromatic rings. The molecule has 0 bridgehead atoms. The van der Waals surface area contributed by atoms with E-state index >= 15 is 0 Å². The molecule has 0 aliphatic carbocycles. The summed E-state index contributed by atoms with van der Waals surface area (Å²) in [7, 11) is 0. The fraction of sp³-hybridized carbons (Fsp3) is 0.524. The molecule has 7 nitrogen and oxygen atoms in total. The summed E-state index contributed by atoms with van der Waals surface area (Å²) < 4.78 is 16.7. The SMILES string of the molecule is CCNC(=NCc1c(CC)noc1CC)NCCc1cc(Cl)c2c(c1)OCCO2. The van der Waals surface area contributed by atoms with Crippen molar-refractivity contribution in [3.63, 3.8) is 0 Å². The number of guanidine groups is 1. The van der Waals surface area contributed by atoms with Crippen LogP contribution in [-0.4, -0.2) is 37.4 Å². The second kappa shape index (κ2) is 10.4. The van der Waals surface area contributed by atoms with Crippen molar-refractivity contribution >= 4 is 17.6 Å². The van der Waals surface area contributed by atoms with Crippen molar-refractivity contribution in [3.8, 4) is 11.5 Å². The highest BCUT2D eigenvalue weighted by molar-refractivity contribution is 6.32. The molecule has 0 atom stereocenters. The number of rotatable bonds is 8. The van der Waals surface area contributed by atoms with Crippen molar-refractivity contribution in [2.24, 2.45) is 4.99 Å². The summed E-state index contributed by atoms with van der Waals surface area (Å²) >= 11 is 6.33. The highest BCUT2D eigenvalue weighted by Crippen LogP contribution is 2.38. The number of aromatic nitrogens is 1. The maximum atomic E-state index is 6.33. The van der Waals surface area contributed by atoms with Crippen LogP contribution < -0.4 is 20.1 Å². The van der Waals surface area contributed by atoms with Gasteiger partial charge >= 0.3 is 0 Å².